The van der Waals surface area contributed by atoms with E-state index < -0.39 is 0 Å². The van der Waals surface area contributed by atoms with Crippen molar-refractivity contribution in [3.8, 4) is 0 Å². The number of halogens is 1. The van der Waals surface area contributed by atoms with E-state index in [9.17, 15) is 0 Å². The van der Waals surface area contributed by atoms with Crippen LogP contribution >= 0.6 is 15.9 Å². The van der Waals surface area contributed by atoms with Crippen LogP contribution in [-0.4, -0.2) is 18.8 Å². The topological polar surface area (TPSA) is 32.3 Å². The lowest BCUT2D eigenvalue weighted by Crippen LogP contribution is -2.18. The smallest absolute Gasteiger partial charge is 0.0449 e. The lowest BCUT2D eigenvalue weighted by molar-refractivity contribution is 0.268. The monoisotopic (exact) mass is 257 g/mol. The summed E-state index contributed by atoms with van der Waals surface area (Å²) in [5.74, 6) is 0. The van der Waals surface area contributed by atoms with Gasteiger partial charge in [0.1, 0.15) is 0 Å². The Kier molecular flexibility index (Phi) is 4.58. The van der Waals surface area contributed by atoms with Crippen LogP contribution in [0.1, 0.15) is 23.6 Å². The van der Waals surface area contributed by atoms with E-state index in [1.165, 1.54) is 11.1 Å². The van der Waals surface area contributed by atoms with Crippen molar-refractivity contribution in [2.45, 2.75) is 19.4 Å². The molecule has 1 aromatic rings. The molecule has 2 nitrogen and oxygen atoms in total. The van der Waals surface area contributed by atoms with Crippen molar-refractivity contribution in [1.82, 2.24) is 5.32 Å². The maximum Gasteiger partial charge on any atom is 0.0449 e. The van der Waals surface area contributed by atoms with E-state index in [-0.39, 0.29) is 12.6 Å². The number of rotatable bonds is 4. The molecular weight excluding hydrogens is 242 g/mol. The molecule has 0 heterocycles. The standard InChI is InChI=1S/C11H16BrNO/c1-8-9(4-3-5-10(8)12)11(13-2)6-7-14/h3-5,11,13-14H,6-7H2,1-2H3. The van der Waals surface area contributed by atoms with Crippen molar-refractivity contribution in [2.75, 3.05) is 13.7 Å². The summed E-state index contributed by atoms with van der Waals surface area (Å²) in [4.78, 5) is 0. The van der Waals surface area contributed by atoms with E-state index >= 15 is 0 Å². The van der Waals surface area contributed by atoms with Crippen LogP contribution < -0.4 is 5.32 Å². The van der Waals surface area contributed by atoms with Gasteiger partial charge in [-0.05, 0) is 37.6 Å². The van der Waals surface area contributed by atoms with Crippen LogP contribution in [-0.2, 0) is 0 Å². The highest BCUT2D eigenvalue weighted by molar-refractivity contribution is 9.10. The summed E-state index contributed by atoms with van der Waals surface area (Å²) in [5.41, 5.74) is 2.48. The van der Waals surface area contributed by atoms with E-state index in [1.807, 2.05) is 19.2 Å². The SMILES string of the molecule is CNC(CCO)c1cccc(Br)c1C. The fraction of sp³-hybridized carbons (Fsp3) is 0.455. The van der Waals surface area contributed by atoms with Crippen molar-refractivity contribution >= 4 is 15.9 Å². The molecule has 0 aliphatic rings. The summed E-state index contributed by atoms with van der Waals surface area (Å²) in [7, 11) is 1.92. The summed E-state index contributed by atoms with van der Waals surface area (Å²) in [5, 5.41) is 12.1. The average Bonchev–Trinajstić information content (AvgIpc) is 2.19. The van der Waals surface area contributed by atoms with E-state index in [1.54, 1.807) is 0 Å². The van der Waals surface area contributed by atoms with Crippen molar-refractivity contribution < 1.29 is 5.11 Å². The molecule has 0 amide bonds. The first-order valence-electron chi connectivity index (χ1n) is 4.73. The minimum atomic E-state index is 0.206. The zero-order chi connectivity index (χ0) is 10.6. The lowest BCUT2D eigenvalue weighted by atomic mass is 9.99. The number of aliphatic hydroxyl groups excluding tert-OH is 1. The van der Waals surface area contributed by atoms with Crippen LogP contribution in [0.25, 0.3) is 0 Å². The van der Waals surface area contributed by atoms with E-state index in [0.29, 0.717) is 0 Å². The van der Waals surface area contributed by atoms with Crippen LogP contribution in [0.5, 0.6) is 0 Å². The Balaban J connectivity index is 2.97. The summed E-state index contributed by atoms with van der Waals surface area (Å²) >= 11 is 3.50. The fourth-order valence-electron chi connectivity index (χ4n) is 1.59. The molecule has 0 radical (unpaired) electrons. The molecule has 3 heteroatoms. The lowest BCUT2D eigenvalue weighted by Gasteiger charge is -2.18. The third-order valence-electron chi connectivity index (χ3n) is 2.45. The minimum Gasteiger partial charge on any atom is -0.396 e. The summed E-state index contributed by atoms with van der Waals surface area (Å²) < 4.78 is 1.12. The Morgan fingerprint density at radius 2 is 2.21 bits per heavy atom. The van der Waals surface area contributed by atoms with Gasteiger partial charge in [0.15, 0.2) is 0 Å². The molecule has 78 valence electrons. The number of benzene rings is 1. The molecule has 1 aromatic carbocycles. The van der Waals surface area contributed by atoms with Gasteiger partial charge in [-0.15, -0.1) is 0 Å². The fourth-order valence-corrected chi connectivity index (χ4v) is 1.97. The molecule has 0 bridgehead atoms. The highest BCUT2D eigenvalue weighted by Crippen LogP contribution is 2.25. The summed E-state index contributed by atoms with van der Waals surface area (Å²) in [6.45, 7) is 2.29. The molecule has 0 aromatic heterocycles. The van der Waals surface area contributed by atoms with Gasteiger partial charge in [0.05, 0.1) is 0 Å². The van der Waals surface area contributed by atoms with Gasteiger partial charge in [-0.25, -0.2) is 0 Å². The molecule has 0 saturated heterocycles. The van der Waals surface area contributed by atoms with Crippen molar-refractivity contribution in [3.05, 3.63) is 33.8 Å². The highest BCUT2D eigenvalue weighted by Gasteiger charge is 2.11. The number of aliphatic hydroxyl groups is 1. The Bertz CT molecular complexity index is 301. The molecule has 0 aliphatic heterocycles. The number of nitrogens with one attached hydrogen (secondary N) is 1. The van der Waals surface area contributed by atoms with Crippen LogP contribution in [0.15, 0.2) is 22.7 Å². The Morgan fingerprint density at radius 3 is 2.79 bits per heavy atom. The molecular formula is C11H16BrNO. The van der Waals surface area contributed by atoms with Crippen LogP contribution in [0, 0.1) is 6.92 Å². The highest BCUT2D eigenvalue weighted by atomic mass is 79.9. The van der Waals surface area contributed by atoms with Crippen LogP contribution in [0.3, 0.4) is 0 Å². The van der Waals surface area contributed by atoms with Crippen molar-refractivity contribution in [3.63, 3.8) is 0 Å². The molecule has 2 N–H and O–H groups in total. The zero-order valence-electron chi connectivity index (χ0n) is 8.55. The van der Waals surface area contributed by atoms with Gasteiger partial charge >= 0.3 is 0 Å². The molecule has 1 unspecified atom stereocenters. The van der Waals surface area contributed by atoms with Gasteiger partial charge in [-0.3, -0.25) is 0 Å². The van der Waals surface area contributed by atoms with Crippen molar-refractivity contribution in [2.24, 2.45) is 0 Å². The first-order chi connectivity index (χ1) is 6.70. The molecule has 0 fully saturated rings. The van der Waals surface area contributed by atoms with Gasteiger partial charge in [0, 0.05) is 17.1 Å². The Morgan fingerprint density at radius 1 is 1.50 bits per heavy atom. The second-order valence-electron chi connectivity index (χ2n) is 3.31. The molecule has 0 aliphatic carbocycles. The van der Waals surface area contributed by atoms with Gasteiger partial charge in [0.2, 0.25) is 0 Å². The zero-order valence-corrected chi connectivity index (χ0v) is 10.1. The molecule has 0 spiro atoms. The van der Waals surface area contributed by atoms with Crippen LogP contribution in [0.4, 0.5) is 0 Å². The first kappa shape index (κ1) is 11.7. The molecule has 0 saturated carbocycles. The number of hydrogen-bond acceptors (Lipinski definition) is 2. The average molecular weight is 258 g/mol. The van der Waals surface area contributed by atoms with E-state index in [0.717, 1.165) is 10.9 Å². The minimum absolute atomic E-state index is 0.206. The van der Waals surface area contributed by atoms with Gasteiger partial charge in [-0.2, -0.15) is 0 Å². The Hall–Kier alpha value is -0.380. The van der Waals surface area contributed by atoms with E-state index in [2.05, 4.69) is 34.2 Å². The maximum absolute atomic E-state index is 8.94. The van der Waals surface area contributed by atoms with Gasteiger partial charge in [0.25, 0.3) is 0 Å². The molecule has 1 atom stereocenters. The van der Waals surface area contributed by atoms with Crippen LogP contribution in [0.2, 0.25) is 0 Å². The summed E-state index contributed by atoms with van der Waals surface area (Å²) in [6.07, 6.45) is 0.744. The van der Waals surface area contributed by atoms with Crippen molar-refractivity contribution in [1.29, 1.82) is 0 Å². The first-order valence-corrected chi connectivity index (χ1v) is 5.53. The molecule has 14 heavy (non-hydrogen) atoms. The third kappa shape index (κ3) is 2.56. The van der Waals surface area contributed by atoms with Gasteiger partial charge < -0.3 is 10.4 Å². The predicted octanol–water partition coefficient (Wildman–Crippen LogP) is 2.40. The normalized spacial score (nSPS) is 12.9. The van der Waals surface area contributed by atoms with E-state index in [4.69, 9.17) is 5.11 Å². The second kappa shape index (κ2) is 5.49. The third-order valence-corrected chi connectivity index (χ3v) is 3.31. The Labute approximate surface area is 93.5 Å². The second-order valence-corrected chi connectivity index (χ2v) is 4.16. The van der Waals surface area contributed by atoms with Gasteiger partial charge in [-0.1, -0.05) is 28.1 Å². The summed E-state index contributed by atoms with van der Waals surface area (Å²) in [6, 6.07) is 6.38. The predicted molar refractivity (Wildman–Crippen MR) is 62.4 cm³/mol. The number of hydrogen-bond donors (Lipinski definition) is 2. The maximum atomic E-state index is 8.94. The molecule has 1 rings (SSSR count). The quantitative estimate of drug-likeness (QED) is 0.869. The largest absolute Gasteiger partial charge is 0.396 e.